The van der Waals surface area contributed by atoms with Gasteiger partial charge >= 0.3 is 5.97 Å². The maximum Gasteiger partial charge on any atom is 0.335 e. The lowest BCUT2D eigenvalue weighted by Crippen LogP contribution is -2.05. The summed E-state index contributed by atoms with van der Waals surface area (Å²) >= 11 is 0. The zero-order chi connectivity index (χ0) is 14.5. The molecule has 0 amide bonds. The van der Waals surface area contributed by atoms with Gasteiger partial charge in [-0.25, -0.2) is 4.79 Å². The number of aromatic carboxylic acids is 1. The predicted octanol–water partition coefficient (Wildman–Crippen LogP) is 3.53. The second-order valence-corrected chi connectivity index (χ2v) is 4.34. The van der Waals surface area contributed by atoms with Gasteiger partial charge in [0.05, 0.1) is 12.7 Å². The Labute approximate surface area is 117 Å². The smallest absolute Gasteiger partial charge is 0.335 e. The second-order valence-electron chi connectivity index (χ2n) is 4.34. The molecule has 4 heteroatoms. The van der Waals surface area contributed by atoms with E-state index in [-0.39, 0.29) is 11.7 Å². The summed E-state index contributed by atoms with van der Waals surface area (Å²) in [5.74, 6) is -0.0625. The van der Waals surface area contributed by atoms with E-state index in [1.807, 2.05) is 37.3 Å². The van der Waals surface area contributed by atoms with Gasteiger partial charge in [0.2, 0.25) is 0 Å². The number of methoxy groups -OCH3 is 1. The molecule has 20 heavy (non-hydrogen) atoms. The Morgan fingerprint density at radius 1 is 1.10 bits per heavy atom. The van der Waals surface area contributed by atoms with E-state index in [0.717, 1.165) is 5.56 Å². The Kier molecular flexibility index (Phi) is 4.25. The van der Waals surface area contributed by atoms with E-state index in [4.69, 9.17) is 14.6 Å². The van der Waals surface area contributed by atoms with Crippen LogP contribution in [-0.2, 0) is 0 Å². The van der Waals surface area contributed by atoms with Crippen LogP contribution in [0.5, 0.6) is 11.5 Å². The lowest BCUT2D eigenvalue weighted by Gasteiger charge is -2.17. The van der Waals surface area contributed by atoms with E-state index < -0.39 is 5.97 Å². The maximum atomic E-state index is 10.9. The van der Waals surface area contributed by atoms with Crippen LogP contribution in [0.1, 0.15) is 28.9 Å². The molecule has 0 heterocycles. The van der Waals surface area contributed by atoms with Crippen LogP contribution in [0.15, 0.2) is 48.5 Å². The summed E-state index contributed by atoms with van der Waals surface area (Å²) in [6.07, 6.45) is -0.152. The molecule has 2 aromatic carbocycles. The lowest BCUT2D eigenvalue weighted by atomic mass is 10.1. The van der Waals surface area contributed by atoms with Crippen molar-refractivity contribution < 1.29 is 19.4 Å². The van der Waals surface area contributed by atoms with Gasteiger partial charge in [-0.15, -0.1) is 0 Å². The van der Waals surface area contributed by atoms with Crippen molar-refractivity contribution in [1.82, 2.24) is 0 Å². The highest BCUT2D eigenvalue weighted by Gasteiger charge is 2.13. The molecule has 0 bridgehead atoms. The summed E-state index contributed by atoms with van der Waals surface area (Å²) < 4.78 is 11.0. The zero-order valence-corrected chi connectivity index (χ0v) is 11.4. The third-order valence-electron chi connectivity index (χ3n) is 2.98. The lowest BCUT2D eigenvalue weighted by molar-refractivity contribution is 0.0696. The van der Waals surface area contributed by atoms with Crippen molar-refractivity contribution in [2.24, 2.45) is 0 Å². The molecular weight excluding hydrogens is 256 g/mol. The van der Waals surface area contributed by atoms with Crippen molar-refractivity contribution in [2.45, 2.75) is 13.0 Å². The van der Waals surface area contributed by atoms with E-state index in [2.05, 4.69) is 0 Å². The van der Waals surface area contributed by atoms with E-state index in [1.165, 1.54) is 19.2 Å². The average molecular weight is 272 g/mol. The number of ether oxygens (including phenoxy) is 2. The molecule has 0 saturated heterocycles. The summed E-state index contributed by atoms with van der Waals surface area (Å²) in [6, 6.07) is 14.3. The number of hydrogen-bond acceptors (Lipinski definition) is 3. The number of carbonyl (C=O) groups is 1. The molecule has 1 N–H and O–H groups in total. The van der Waals surface area contributed by atoms with E-state index in [0.29, 0.717) is 11.5 Å². The van der Waals surface area contributed by atoms with Gasteiger partial charge in [0.15, 0.2) is 11.5 Å². The van der Waals surface area contributed by atoms with Crippen molar-refractivity contribution in [1.29, 1.82) is 0 Å². The van der Waals surface area contributed by atoms with Crippen molar-refractivity contribution in [3.63, 3.8) is 0 Å². The molecule has 104 valence electrons. The van der Waals surface area contributed by atoms with Gasteiger partial charge < -0.3 is 14.6 Å². The number of hydrogen-bond donors (Lipinski definition) is 1. The topological polar surface area (TPSA) is 55.8 Å². The molecule has 0 radical (unpaired) electrons. The third-order valence-corrected chi connectivity index (χ3v) is 2.98. The average Bonchev–Trinajstić information content (AvgIpc) is 2.48. The first-order valence-corrected chi connectivity index (χ1v) is 6.24. The van der Waals surface area contributed by atoms with Crippen LogP contribution in [0.3, 0.4) is 0 Å². The van der Waals surface area contributed by atoms with E-state index in [1.54, 1.807) is 6.07 Å². The Bertz CT molecular complexity index is 593. The monoisotopic (exact) mass is 272 g/mol. The van der Waals surface area contributed by atoms with Crippen LogP contribution in [-0.4, -0.2) is 18.2 Å². The number of carboxylic acids is 1. The standard InChI is InChI=1S/C16H16O4/c1-11(12-6-4-3-5-7-12)20-14-9-8-13(16(17)18)10-15(14)19-2/h3-11H,1-2H3,(H,17,18)/t11-/m0/s1. The predicted molar refractivity (Wildman–Crippen MR) is 75.4 cm³/mol. The van der Waals surface area contributed by atoms with Gasteiger partial charge in [0.1, 0.15) is 6.10 Å². The minimum Gasteiger partial charge on any atom is -0.493 e. The maximum absolute atomic E-state index is 10.9. The van der Waals surface area contributed by atoms with Crippen LogP contribution >= 0.6 is 0 Å². The van der Waals surface area contributed by atoms with Crippen molar-refractivity contribution >= 4 is 5.97 Å². The third kappa shape index (κ3) is 3.09. The molecule has 0 aliphatic heterocycles. The Morgan fingerprint density at radius 3 is 2.40 bits per heavy atom. The van der Waals surface area contributed by atoms with Gasteiger partial charge in [-0.3, -0.25) is 0 Å². The highest BCUT2D eigenvalue weighted by atomic mass is 16.5. The highest BCUT2D eigenvalue weighted by molar-refractivity contribution is 5.88. The fourth-order valence-corrected chi connectivity index (χ4v) is 1.88. The van der Waals surface area contributed by atoms with Crippen LogP contribution < -0.4 is 9.47 Å². The van der Waals surface area contributed by atoms with Gasteiger partial charge in [-0.1, -0.05) is 30.3 Å². The van der Waals surface area contributed by atoms with Crippen LogP contribution in [0, 0.1) is 0 Å². The van der Waals surface area contributed by atoms with Gasteiger partial charge in [0.25, 0.3) is 0 Å². The Morgan fingerprint density at radius 2 is 1.80 bits per heavy atom. The molecule has 0 saturated carbocycles. The molecule has 2 rings (SSSR count). The zero-order valence-electron chi connectivity index (χ0n) is 11.4. The normalized spacial score (nSPS) is 11.7. The van der Waals surface area contributed by atoms with Crippen molar-refractivity contribution in [3.05, 3.63) is 59.7 Å². The first kappa shape index (κ1) is 13.9. The quantitative estimate of drug-likeness (QED) is 0.904. The summed E-state index contributed by atoms with van der Waals surface area (Å²) in [7, 11) is 1.49. The van der Waals surface area contributed by atoms with Crippen LogP contribution in [0.2, 0.25) is 0 Å². The van der Waals surface area contributed by atoms with E-state index in [9.17, 15) is 4.79 Å². The summed E-state index contributed by atoms with van der Waals surface area (Å²) in [4.78, 5) is 10.9. The Balaban J connectivity index is 2.23. The molecule has 0 unspecified atom stereocenters. The molecule has 0 aliphatic rings. The summed E-state index contributed by atoms with van der Waals surface area (Å²) in [5.41, 5.74) is 1.21. The first-order chi connectivity index (χ1) is 9.61. The molecule has 0 aromatic heterocycles. The SMILES string of the molecule is COc1cc(C(=O)O)ccc1O[C@@H](C)c1ccccc1. The van der Waals surface area contributed by atoms with Crippen LogP contribution in [0.25, 0.3) is 0 Å². The molecule has 1 atom stereocenters. The molecule has 0 aliphatic carbocycles. The molecular formula is C16H16O4. The molecule has 0 spiro atoms. The first-order valence-electron chi connectivity index (χ1n) is 6.24. The minimum absolute atomic E-state index is 0.152. The van der Waals surface area contributed by atoms with Gasteiger partial charge in [0, 0.05) is 0 Å². The minimum atomic E-state index is -0.994. The van der Waals surface area contributed by atoms with E-state index >= 15 is 0 Å². The van der Waals surface area contributed by atoms with Gasteiger partial charge in [-0.2, -0.15) is 0 Å². The highest BCUT2D eigenvalue weighted by Crippen LogP contribution is 2.32. The van der Waals surface area contributed by atoms with Gasteiger partial charge in [-0.05, 0) is 30.7 Å². The number of benzene rings is 2. The number of rotatable bonds is 5. The van der Waals surface area contributed by atoms with Crippen LogP contribution in [0.4, 0.5) is 0 Å². The summed E-state index contributed by atoms with van der Waals surface area (Å²) in [6.45, 7) is 1.93. The molecule has 0 fully saturated rings. The second kappa shape index (κ2) is 6.10. The Hall–Kier alpha value is -2.49. The summed E-state index contributed by atoms with van der Waals surface area (Å²) in [5, 5.41) is 8.96. The van der Waals surface area contributed by atoms with Crippen molar-refractivity contribution in [3.8, 4) is 11.5 Å². The van der Waals surface area contributed by atoms with Crippen molar-refractivity contribution in [2.75, 3.05) is 7.11 Å². The fraction of sp³-hybridized carbons (Fsp3) is 0.188. The fourth-order valence-electron chi connectivity index (χ4n) is 1.88. The largest absolute Gasteiger partial charge is 0.493 e. The molecule has 2 aromatic rings. The molecule has 4 nitrogen and oxygen atoms in total. The number of carboxylic acid groups (broad SMARTS) is 1.